The lowest BCUT2D eigenvalue weighted by Gasteiger charge is -2.35. The average molecular weight is 363 g/mol. The van der Waals surface area contributed by atoms with Crippen molar-refractivity contribution in [1.82, 2.24) is 25.4 Å². The number of hydrogen-bond donors (Lipinski definition) is 2. The van der Waals surface area contributed by atoms with Crippen LogP contribution in [0.2, 0.25) is 0 Å². The Balaban J connectivity index is 1.58. The van der Waals surface area contributed by atoms with Crippen molar-refractivity contribution in [1.29, 1.82) is 0 Å². The van der Waals surface area contributed by atoms with Gasteiger partial charge in [-0.25, -0.2) is 9.59 Å². The zero-order chi connectivity index (χ0) is 19.0. The summed E-state index contributed by atoms with van der Waals surface area (Å²) in [6.45, 7) is 10.2. The minimum absolute atomic E-state index is 0.186. The molecular weight excluding hydrogens is 334 g/mol. The van der Waals surface area contributed by atoms with Crippen molar-refractivity contribution in [3.63, 3.8) is 0 Å². The topological polar surface area (TPSA) is 86.8 Å². The van der Waals surface area contributed by atoms with Gasteiger partial charge in [0.2, 0.25) is 0 Å². The van der Waals surface area contributed by atoms with Crippen molar-refractivity contribution in [2.75, 3.05) is 39.3 Å². The maximum Gasteiger partial charge on any atom is 0.410 e. The Labute approximate surface area is 154 Å². The SMILES string of the molecule is CC(C)(C)OC(=O)N1CCN(CCNC(=O)NCc2ccncc2)CC1. The quantitative estimate of drug-likeness (QED) is 0.826. The Hall–Kier alpha value is -2.35. The van der Waals surface area contributed by atoms with Gasteiger partial charge in [0.15, 0.2) is 0 Å². The highest BCUT2D eigenvalue weighted by Gasteiger charge is 2.25. The van der Waals surface area contributed by atoms with Gasteiger partial charge in [-0.15, -0.1) is 0 Å². The predicted molar refractivity (Wildman–Crippen MR) is 98.7 cm³/mol. The molecule has 0 spiro atoms. The third-order valence-corrected chi connectivity index (χ3v) is 3.94. The van der Waals surface area contributed by atoms with E-state index in [0.29, 0.717) is 26.2 Å². The fraction of sp³-hybridized carbons (Fsp3) is 0.611. The molecule has 1 fully saturated rings. The Morgan fingerprint density at radius 1 is 1.12 bits per heavy atom. The van der Waals surface area contributed by atoms with Gasteiger partial charge in [-0.3, -0.25) is 9.88 Å². The van der Waals surface area contributed by atoms with Gasteiger partial charge in [-0.05, 0) is 38.5 Å². The highest BCUT2D eigenvalue weighted by Crippen LogP contribution is 2.11. The first kappa shape index (κ1) is 20.0. The van der Waals surface area contributed by atoms with E-state index in [0.717, 1.165) is 25.2 Å². The fourth-order valence-electron chi connectivity index (χ4n) is 2.55. The number of ether oxygens (including phenoxy) is 1. The maximum absolute atomic E-state index is 12.0. The molecule has 1 aliphatic heterocycles. The Morgan fingerprint density at radius 2 is 1.77 bits per heavy atom. The first-order valence-electron chi connectivity index (χ1n) is 8.94. The number of carbonyl (C=O) groups is 2. The number of aromatic nitrogens is 1. The van der Waals surface area contributed by atoms with Gasteiger partial charge in [-0.2, -0.15) is 0 Å². The third kappa shape index (κ3) is 7.26. The van der Waals surface area contributed by atoms with E-state index in [4.69, 9.17) is 4.74 Å². The molecular formula is C18H29N5O3. The number of nitrogens with zero attached hydrogens (tertiary/aromatic N) is 3. The van der Waals surface area contributed by atoms with E-state index in [9.17, 15) is 9.59 Å². The van der Waals surface area contributed by atoms with Crippen molar-refractivity contribution in [3.8, 4) is 0 Å². The summed E-state index contributed by atoms with van der Waals surface area (Å²) in [7, 11) is 0. The Bertz CT molecular complexity index is 580. The van der Waals surface area contributed by atoms with Crippen molar-refractivity contribution >= 4 is 12.1 Å². The number of carbonyl (C=O) groups excluding carboxylic acids is 2. The smallest absolute Gasteiger partial charge is 0.410 e. The summed E-state index contributed by atoms with van der Waals surface area (Å²) in [4.78, 5) is 31.7. The van der Waals surface area contributed by atoms with Crippen LogP contribution in [-0.4, -0.2) is 71.8 Å². The zero-order valence-electron chi connectivity index (χ0n) is 15.8. The molecule has 0 atom stereocenters. The van der Waals surface area contributed by atoms with Gasteiger partial charge < -0.3 is 20.3 Å². The van der Waals surface area contributed by atoms with Crippen molar-refractivity contribution in [2.24, 2.45) is 0 Å². The van der Waals surface area contributed by atoms with Crippen LogP contribution < -0.4 is 10.6 Å². The van der Waals surface area contributed by atoms with E-state index in [1.807, 2.05) is 32.9 Å². The lowest BCUT2D eigenvalue weighted by Crippen LogP contribution is -2.51. The van der Waals surface area contributed by atoms with E-state index in [2.05, 4.69) is 20.5 Å². The Kier molecular flexibility index (Phi) is 7.20. The van der Waals surface area contributed by atoms with E-state index >= 15 is 0 Å². The van der Waals surface area contributed by atoms with Crippen LogP contribution in [0, 0.1) is 0 Å². The number of piperazine rings is 1. The standard InChI is InChI=1S/C18H29N5O3/c1-18(2,3)26-17(25)23-12-10-22(11-13-23)9-8-20-16(24)21-14-15-4-6-19-7-5-15/h4-7H,8-14H2,1-3H3,(H2,20,21,24). The van der Waals surface area contributed by atoms with E-state index < -0.39 is 5.60 Å². The molecule has 1 saturated heterocycles. The number of hydrogen-bond acceptors (Lipinski definition) is 5. The number of urea groups is 1. The second-order valence-corrected chi connectivity index (χ2v) is 7.27. The molecule has 2 N–H and O–H groups in total. The molecule has 1 aromatic rings. The molecule has 144 valence electrons. The molecule has 2 rings (SSSR count). The molecule has 0 radical (unpaired) electrons. The van der Waals surface area contributed by atoms with Gasteiger partial charge in [0.25, 0.3) is 0 Å². The van der Waals surface area contributed by atoms with Crippen molar-refractivity contribution in [3.05, 3.63) is 30.1 Å². The summed E-state index contributed by atoms with van der Waals surface area (Å²) >= 11 is 0. The second-order valence-electron chi connectivity index (χ2n) is 7.27. The minimum Gasteiger partial charge on any atom is -0.444 e. The van der Waals surface area contributed by atoms with Gasteiger partial charge in [0, 0.05) is 58.2 Å². The van der Waals surface area contributed by atoms with Crippen LogP contribution >= 0.6 is 0 Å². The molecule has 0 saturated carbocycles. The Morgan fingerprint density at radius 3 is 2.38 bits per heavy atom. The normalized spacial score (nSPS) is 15.4. The molecule has 26 heavy (non-hydrogen) atoms. The highest BCUT2D eigenvalue weighted by molar-refractivity contribution is 5.73. The molecule has 0 unspecified atom stereocenters. The highest BCUT2D eigenvalue weighted by atomic mass is 16.6. The number of rotatable bonds is 5. The lowest BCUT2D eigenvalue weighted by atomic mass is 10.2. The third-order valence-electron chi connectivity index (χ3n) is 3.94. The molecule has 8 heteroatoms. The van der Waals surface area contributed by atoms with Gasteiger partial charge in [-0.1, -0.05) is 0 Å². The fourth-order valence-corrected chi connectivity index (χ4v) is 2.55. The molecule has 0 aliphatic carbocycles. The average Bonchev–Trinajstić information content (AvgIpc) is 2.60. The molecule has 0 aromatic carbocycles. The van der Waals surface area contributed by atoms with Crippen LogP contribution in [0.25, 0.3) is 0 Å². The van der Waals surface area contributed by atoms with Crippen LogP contribution in [0.5, 0.6) is 0 Å². The van der Waals surface area contributed by atoms with Crippen LogP contribution in [0.3, 0.4) is 0 Å². The molecule has 1 aromatic heterocycles. The second kappa shape index (κ2) is 9.38. The van der Waals surface area contributed by atoms with Crippen LogP contribution in [0.15, 0.2) is 24.5 Å². The van der Waals surface area contributed by atoms with Crippen molar-refractivity contribution < 1.29 is 14.3 Å². The van der Waals surface area contributed by atoms with Gasteiger partial charge in [0.05, 0.1) is 0 Å². The number of pyridine rings is 1. The number of nitrogens with one attached hydrogen (secondary N) is 2. The maximum atomic E-state index is 12.0. The summed E-state index contributed by atoms with van der Waals surface area (Å²) in [5, 5.41) is 5.67. The summed E-state index contributed by atoms with van der Waals surface area (Å²) in [5.74, 6) is 0. The summed E-state index contributed by atoms with van der Waals surface area (Å²) in [6, 6.07) is 3.55. The van der Waals surface area contributed by atoms with Gasteiger partial charge in [0.1, 0.15) is 5.60 Å². The predicted octanol–water partition coefficient (Wildman–Crippen LogP) is 1.43. The number of amides is 3. The molecule has 1 aliphatic rings. The summed E-state index contributed by atoms with van der Waals surface area (Å²) < 4.78 is 5.39. The molecule has 3 amide bonds. The van der Waals surface area contributed by atoms with Crippen LogP contribution in [0.1, 0.15) is 26.3 Å². The lowest BCUT2D eigenvalue weighted by molar-refractivity contribution is 0.0147. The summed E-state index contributed by atoms with van der Waals surface area (Å²) in [6.07, 6.45) is 3.14. The first-order valence-corrected chi connectivity index (χ1v) is 8.94. The molecule has 2 heterocycles. The molecule has 0 bridgehead atoms. The first-order chi connectivity index (χ1) is 12.3. The van der Waals surface area contributed by atoms with Crippen LogP contribution in [0.4, 0.5) is 9.59 Å². The van der Waals surface area contributed by atoms with Crippen molar-refractivity contribution in [2.45, 2.75) is 32.9 Å². The van der Waals surface area contributed by atoms with E-state index in [-0.39, 0.29) is 12.1 Å². The summed E-state index contributed by atoms with van der Waals surface area (Å²) in [5.41, 5.74) is 0.537. The van der Waals surface area contributed by atoms with E-state index in [1.54, 1.807) is 17.3 Å². The minimum atomic E-state index is -0.470. The monoisotopic (exact) mass is 363 g/mol. The van der Waals surface area contributed by atoms with Crippen LogP contribution in [-0.2, 0) is 11.3 Å². The largest absolute Gasteiger partial charge is 0.444 e. The molecule has 8 nitrogen and oxygen atoms in total. The zero-order valence-corrected chi connectivity index (χ0v) is 15.8. The van der Waals surface area contributed by atoms with E-state index in [1.165, 1.54) is 0 Å². The van der Waals surface area contributed by atoms with Gasteiger partial charge >= 0.3 is 12.1 Å².